The zero-order chi connectivity index (χ0) is 15.7. The van der Waals surface area contributed by atoms with E-state index in [2.05, 4.69) is 10.2 Å². The first-order chi connectivity index (χ1) is 9.31. The average Bonchev–Trinajstić information content (AvgIpc) is 2.40. The van der Waals surface area contributed by atoms with Gasteiger partial charge in [-0.05, 0) is 26.7 Å². The molecule has 0 radical (unpaired) electrons. The van der Waals surface area contributed by atoms with Crippen molar-refractivity contribution in [1.29, 1.82) is 10.5 Å². The molecule has 8 nitrogen and oxygen atoms in total. The molecule has 4 atom stereocenters. The third-order valence-corrected chi connectivity index (χ3v) is 2.51. The monoisotopic (exact) mass is 352 g/mol. The van der Waals surface area contributed by atoms with Gasteiger partial charge >= 0.3 is 11.9 Å². The number of hydrogen-bond donors (Lipinski definition) is 2. The minimum Gasteiger partial charge on any atom is -0.480 e. The molecule has 0 rings (SSSR count). The standard InChI is InChI=1S/C12H16N4O4.2ClH/c1-7(5-13)3-9(11(17)18)15-16-10(12(19)20)4-8(2)6-14;;/h7-10H,3-4H2,1-2H3,(H,17,18)(H,19,20);2*1H. The fourth-order valence-electron chi connectivity index (χ4n) is 1.33. The van der Waals surface area contributed by atoms with E-state index in [-0.39, 0.29) is 37.7 Å². The maximum atomic E-state index is 10.9. The molecule has 4 unspecified atom stereocenters. The zero-order valence-electron chi connectivity index (χ0n) is 12.0. The van der Waals surface area contributed by atoms with E-state index in [1.165, 1.54) is 13.8 Å². The van der Waals surface area contributed by atoms with Crippen LogP contribution in [-0.4, -0.2) is 34.2 Å². The van der Waals surface area contributed by atoms with Crippen molar-refractivity contribution >= 4 is 36.8 Å². The second-order valence-electron chi connectivity index (χ2n) is 4.47. The van der Waals surface area contributed by atoms with Crippen molar-refractivity contribution in [2.45, 2.75) is 38.8 Å². The Morgan fingerprint density at radius 3 is 1.36 bits per heavy atom. The fraction of sp³-hybridized carbons (Fsp3) is 0.667. The number of carboxylic acids is 2. The van der Waals surface area contributed by atoms with Crippen molar-refractivity contribution in [1.82, 2.24) is 0 Å². The second-order valence-corrected chi connectivity index (χ2v) is 4.47. The Balaban J connectivity index is -0.00000180. The van der Waals surface area contributed by atoms with E-state index in [0.29, 0.717) is 0 Å². The number of carbonyl (C=O) groups is 2. The Bertz CT molecular complexity index is 431. The van der Waals surface area contributed by atoms with E-state index in [0.717, 1.165) is 0 Å². The van der Waals surface area contributed by atoms with Gasteiger partial charge in [0.05, 0.1) is 12.1 Å². The topological polar surface area (TPSA) is 147 Å². The summed E-state index contributed by atoms with van der Waals surface area (Å²) >= 11 is 0. The smallest absolute Gasteiger partial charge is 0.330 e. The van der Waals surface area contributed by atoms with Crippen LogP contribution in [0.1, 0.15) is 26.7 Å². The SMILES string of the molecule is CC(C#N)CC(N=NC(CC(C)C#N)C(=O)O)C(=O)O.Cl.Cl. The van der Waals surface area contributed by atoms with Crippen LogP contribution < -0.4 is 0 Å². The molecule has 2 N–H and O–H groups in total. The quantitative estimate of drug-likeness (QED) is 0.640. The molecule has 0 saturated carbocycles. The Morgan fingerprint density at radius 2 is 1.18 bits per heavy atom. The number of nitrogens with zero attached hydrogens (tertiary/aromatic N) is 4. The molecule has 10 heteroatoms. The molecule has 0 heterocycles. The predicted molar refractivity (Wildman–Crippen MR) is 81.0 cm³/mol. The predicted octanol–water partition coefficient (Wildman–Crippen LogP) is 2.29. The Labute approximate surface area is 140 Å². The number of hydrogen-bond acceptors (Lipinski definition) is 6. The molecule has 0 amide bonds. The first-order valence-corrected chi connectivity index (χ1v) is 5.96. The highest BCUT2D eigenvalue weighted by Crippen LogP contribution is 2.13. The number of rotatable bonds is 8. The van der Waals surface area contributed by atoms with Crippen LogP contribution in [0.5, 0.6) is 0 Å². The van der Waals surface area contributed by atoms with E-state index < -0.39 is 35.9 Å². The van der Waals surface area contributed by atoms with Crippen LogP contribution in [0.25, 0.3) is 0 Å². The van der Waals surface area contributed by atoms with E-state index in [9.17, 15) is 9.59 Å². The van der Waals surface area contributed by atoms with Crippen LogP contribution in [0.3, 0.4) is 0 Å². The van der Waals surface area contributed by atoms with Gasteiger partial charge in [-0.15, -0.1) is 24.8 Å². The normalized spacial score (nSPS) is 15.1. The van der Waals surface area contributed by atoms with Gasteiger partial charge in [0, 0.05) is 11.8 Å². The summed E-state index contributed by atoms with van der Waals surface area (Å²) in [4.78, 5) is 21.9. The van der Waals surface area contributed by atoms with E-state index in [1.807, 2.05) is 12.1 Å². The van der Waals surface area contributed by atoms with Crippen LogP contribution in [0.15, 0.2) is 10.2 Å². The molecular formula is C12H18Cl2N4O4. The lowest BCUT2D eigenvalue weighted by molar-refractivity contribution is -0.140. The van der Waals surface area contributed by atoms with Gasteiger partial charge in [-0.2, -0.15) is 20.8 Å². The molecule has 0 aromatic carbocycles. The number of aliphatic carboxylic acids is 2. The third-order valence-electron chi connectivity index (χ3n) is 2.51. The van der Waals surface area contributed by atoms with Gasteiger partial charge in [0.15, 0.2) is 12.1 Å². The molecule has 0 aromatic rings. The van der Waals surface area contributed by atoms with Gasteiger partial charge in [-0.1, -0.05) is 0 Å². The first kappa shape index (κ1) is 25.1. The van der Waals surface area contributed by atoms with Gasteiger partial charge in [0.2, 0.25) is 0 Å². The summed E-state index contributed by atoms with van der Waals surface area (Å²) in [5, 5.41) is 42.2. The maximum absolute atomic E-state index is 10.9. The lowest BCUT2D eigenvalue weighted by Crippen LogP contribution is -2.23. The molecule has 0 aromatic heterocycles. The van der Waals surface area contributed by atoms with E-state index >= 15 is 0 Å². The second kappa shape index (κ2) is 12.8. The summed E-state index contributed by atoms with van der Waals surface area (Å²) in [6, 6.07) is 1.23. The van der Waals surface area contributed by atoms with Crippen molar-refractivity contribution in [3.8, 4) is 12.1 Å². The lowest BCUT2D eigenvalue weighted by Gasteiger charge is -2.10. The van der Waals surface area contributed by atoms with Crippen LogP contribution in [0.2, 0.25) is 0 Å². The van der Waals surface area contributed by atoms with Gasteiger partial charge in [-0.25, -0.2) is 9.59 Å². The molecule has 0 spiro atoms. The molecule has 0 aliphatic carbocycles. The summed E-state index contributed by atoms with van der Waals surface area (Å²) in [5.41, 5.74) is 0. The largest absolute Gasteiger partial charge is 0.480 e. The summed E-state index contributed by atoms with van der Waals surface area (Å²) in [6.07, 6.45) is -0.0923. The first-order valence-electron chi connectivity index (χ1n) is 5.96. The van der Waals surface area contributed by atoms with Gasteiger partial charge in [0.1, 0.15) is 0 Å². The lowest BCUT2D eigenvalue weighted by atomic mass is 10.0. The molecule has 22 heavy (non-hydrogen) atoms. The number of halogens is 2. The van der Waals surface area contributed by atoms with Crippen LogP contribution in [0, 0.1) is 34.5 Å². The Morgan fingerprint density at radius 1 is 0.909 bits per heavy atom. The van der Waals surface area contributed by atoms with Crippen molar-refractivity contribution in [3.63, 3.8) is 0 Å². The summed E-state index contributed by atoms with van der Waals surface area (Å²) in [5.74, 6) is -3.60. The van der Waals surface area contributed by atoms with Crippen molar-refractivity contribution in [3.05, 3.63) is 0 Å². The average molecular weight is 353 g/mol. The van der Waals surface area contributed by atoms with Crippen LogP contribution in [-0.2, 0) is 9.59 Å². The zero-order valence-corrected chi connectivity index (χ0v) is 13.7. The summed E-state index contributed by atoms with van der Waals surface area (Å²) in [7, 11) is 0. The van der Waals surface area contributed by atoms with E-state index in [1.54, 1.807) is 0 Å². The maximum Gasteiger partial charge on any atom is 0.330 e. The molecule has 0 aliphatic rings. The minimum absolute atomic E-state index is 0. The van der Waals surface area contributed by atoms with E-state index in [4.69, 9.17) is 20.7 Å². The highest BCUT2D eigenvalue weighted by Gasteiger charge is 2.23. The highest BCUT2D eigenvalue weighted by atomic mass is 35.5. The van der Waals surface area contributed by atoms with Crippen LogP contribution in [0.4, 0.5) is 0 Å². The fourth-order valence-corrected chi connectivity index (χ4v) is 1.33. The summed E-state index contributed by atoms with van der Waals surface area (Å²) < 4.78 is 0. The van der Waals surface area contributed by atoms with Gasteiger partial charge < -0.3 is 10.2 Å². The number of nitriles is 2. The van der Waals surface area contributed by atoms with Crippen molar-refractivity contribution < 1.29 is 19.8 Å². The highest BCUT2D eigenvalue weighted by molar-refractivity contribution is 5.85. The van der Waals surface area contributed by atoms with Crippen molar-refractivity contribution in [2.75, 3.05) is 0 Å². The molecule has 0 fully saturated rings. The third kappa shape index (κ3) is 9.92. The molecule has 0 saturated heterocycles. The molecule has 124 valence electrons. The van der Waals surface area contributed by atoms with Crippen LogP contribution >= 0.6 is 24.8 Å². The van der Waals surface area contributed by atoms with Crippen molar-refractivity contribution in [2.24, 2.45) is 22.1 Å². The number of azo groups is 1. The van der Waals surface area contributed by atoms with Gasteiger partial charge in [0.25, 0.3) is 0 Å². The molecular weight excluding hydrogens is 335 g/mol. The molecule has 0 aliphatic heterocycles. The Kier molecular flexibility index (Phi) is 14.6. The van der Waals surface area contributed by atoms with Gasteiger partial charge in [-0.3, -0.25) is 0 Å². The summed E-state index contributed by atoms with van der Waals surface area (Å²) in [6.45, 7) is 3.08. The Hall–Kier alpha value is -1.90. The minimum atomic E-state index is -1.27. The molecule has 0 bridgehead atoms. The number of carboxylic acid groups (broad SMARTS) is 2.